The highest BCUT2D eigenvalue weighted by Crippen LogP contribution is 2.28. The number of nitrogens with zero attached hydrogens (tertiary/aromatic N) is 2. The Hall–Kier alpha value is -1.81. The summed E-state index contributed by atoms with van der Waals surface area (Å²) in [6.45, 7) is 6.33. The van der Waals surface area contributed by atoms with Crippen molar-refractivity contribution in [2.75, 3.05) is 13.7 Å². The molecule has 0 radical (unpaired) electrons. The highest BCUT2D eigenvalue weighted by Gasteiger charge is 2.14. The van der Waals surface area contributed by atoms with Gasteiger partial charge in [0.05, 0.1) is 13.7 Å². The van der Waals surface area contributed by atoms with E-state index >= 15 is 0 Å². The molecule has 2 rings (SSSR count). The van der Waals surface area contributed by atoms with Gasteiger partial charge in [-0.05, 0) is 38.5 Å². The standard InChI is InChI=1S/C16H19ClN2O2/c1-5-21-16-14(10(2)18-11(3)19-16)8-12-6-7-13(20-4)9-15(12)17/h6-7,9H,5,8H2,1-4H3. The van der Waals surface area contributed by atoms with Gasteiger partial charge in [0, 0.05) is 22.7 Å². The van der Waals surface area contributed by atoms with Crippen LogP contribution in [0.1, 0.15) is 29.6 Å². The molecule has 0 saturated carbocycles. The second-order valence-corrected chi connectivity index (χ2v) is 5.11. The molecule has 1 heterocycles. The van der Waals surface area contributed by atoms with Crippen LogP contribution in [0.5, 0.6) is 11.6 Å². The molecule has 0 atom stereocenters. The van der Waals surface area contributed by atoms with Crippen LogP contribution in [0.2, 0.25) is 5.02 Å². The summed E-state index contributed by atoms with van der Waals surface area (Å²) in [5.74, 6) is 2.08. The number of aryl methyl sites for hydroxylation is 2. The molecule has 0 aliphatic rings. The van der Waals surface area contributed by atoms with Gasteiger partial charge in [0.2, 0.25) is 5.88 Å². The molecule has 5 heteroatoms. The summed E-state index contributed by atoms with van der Waals surface area (Å²) in [7, 11) is 1.62. The Morgan fingerprint density at radius 3 is 2.57 bits per heavy atom. The molecule has 4 nitrogen and oxygen atoms in total. The zero-order valence-electron chi connectivity index (χ0n) is 12.7. The average molecular weight is 307 g/mol. The van der Waals surface area contributed by atoms with Crippen LogP contribution in [-0.2, 0) is 6.42 Å². The molecule has 112 valence electrons. The zero-order valence-corrected chi connectivity index (χ0v) is 13.5. The molecule has 0 aliphatic heterocycles. The minimum Gasteiger partial charge on any atom is -0.497 e. The molecule has 0 bridgehead atoms. The molecule has 1 aromatic heterocycles. The van der Waals surface area contributed by atoms with Gasteiger partial charge in [-0.25, -0.2) is 4.98 Å². The van der Waals surface area contributed by atoms with Gasteiger partial charge in [0.15, 0.2) is 0 Å². The first kappa shape index (κ1) is 15.6. The maximum absolute atomic E-state index is 6.31. The summed E-state index contributed by atoms with van der Waals surface area (Å²) in [6.07, 6.45) is 0.629. The van der Waals surface area contributed by atoms with Gasteiger partial charge in [-0.2, -0.15) is 4.98 Å². The van der Waals surface area contributed by atoms with E-state index in [1.165, 1.54) is 0 Å². The smallest absolute Gasteiger partial charge is 0.220 e. The topological polar surface area (TPSA) is 44.2 Å². The lowest BCUT2D eigenvalue weighted by atomic mass is 10.0. The molecule has 0 unspecified atom stereocenters. The highest BCUT2D eigenvalue weighted by molar-refractivity contribution is 6.31. The summed E-state index contributed by atoms with van der Waals surface area (Å²) in [5, 5.41) is 0.664. The van der Waals surface area contributed by atoms with Gasteiger partial charge in [-0.15, -0.1) is 0 Å². The molecule has 0 saturated heterocycles. The molecule has 0 spiro atoms. The molecule has 0 aliphatic carbocycles. The number of benzene rings is 1. The van der Waals surface area contributed by atoms with Crippen molar-refractivity contribution >= 4 is 11.6 Å². The fourth-order valence-electron chi connectivity index (χ4n) is 2.15. The first-order chi connectivity index (χ1) is 10.0. The largest absolute Gasteiger partial charge is 0.497 e. The van der Waals surface area contributed by atoms with Gasteiger partial charge in [0.25, 0.3) is 0 Å². The third-order valence-corrected chi connectivity index (χ3v) is 3.55. The monoisotopic (exact) mass is 306 g/mol. The number of ether oxygens (including phenoxy) is 2. The van der Waals surface area contributed by atoms with Crippen molar-refractivity contribution in [3.05, 3.63) is 45.9 Å². The zero-order chi connectivity index (χ0) is 15.4. The summed E-state index contributed by atoms with van der Waals surface area (Å²) in [6, 6.07) is 5.66. The second kappa shape index (κ2) is 6.76. The Bertz CT molecular complexity index is 644. The van der Waals surface area contributed by atoms with Gasteiger partial charge in [-0.3, -0.25) is 0 Å². The summed E-state index contributed by atoms with van der Waals surface area (Å²) < 4.78 is 10.8. The fraction of sp³-hybridized carbons (Fsp3) is 0.375. The predicted molar refractivity (Wildman–Crippen MR) is 83.5 cm³/mol. The van der Waals surface area contributed by atoms with Gasteiger partial charge in [-0.1, -0.05) is 17.7 Å². The molecule has 2 aromatic rings. The van der Waals surface area contributed by atoms with Crippen LogP contribution in [0.15, 0.2) is 18.2 Å². The maximum Gasteiger partial charge on any atom is 0.220 e. The van der Waals surface area contributed by atoms with Crippen molar-refractivity contribution in [1.82, 2.24) is 9.97 Å². The molecular formula is C16H19ClN2O2. The summed E-state index contributed by atoms with van der Waals surface area (Å²) in [4.78, 5) is 8.80. The summed E-state index contributed by atoms with van der Waals surface area (Å²) >= 11 is 6.31. The van der Waals surface area contributed by atoms with Crippen LogP contribution >= 0.6 is 11.6 Å². The van der Waals surface area contributed by atoms with Crippen molar-refractivity contribution in [2.24, 2.45) is 0 Å². The normalized spacial score (nSPS) is 10.5. The molecule has 0 N–H and O–H groups in total. The average Bonchev–Trinajstić information content (AvgIpc) is 2.44. The van der Waals surface area contributed by atoms with E-state index in [0.717, 1.165) is 22.6 Å². The van der Waals surface area contributed by atoms with E-state index in [2.05, 4.69) is 9.97 Å². The highest BCUT2D eigenvalue weighted by atomic mass is 35.5. The number of hydrogen-bond donors (Lipinski definition) is 0. The van der Waals surface area contributed by atoms with Crippen LogP contribution < -0.4 is 9.47 Å². The fourth-order valence-corrected chi connectivity index (χ4v) is 2.39. The first-order valence-corrected chi connectivity index (χ1v) is 7.22. The lowest BCUT2D eigenvalue weighted by Crippen LogP contribution is -2.06. The van der Waals surface area contributed by atoms with Crippen molar-refractivity contribution in [1.29, 1.82) is 0 Å². The SMILES string of the molecule is CCOc1nc(C)nc(C)c1Cc1ccc(OC)cc1Cl. The molecule has 1 aromatic carbocycles. The van der Waals surface area contributed by atoms with Crippen LogP contribution in [0.4, 0.5) is 0 Å². The first-order valence-electron chi connectivity index (χ1n) is 6.84. The number of halogens is 1. The minimum atomic E-state index is 0.569. The minimum absolute atomic E-state index is 0.569. The molecule has 0 fully saturated rings. The van der Waals surface area contributed by atoms with Crippen LogP contribution in [0.25, 0.3) is 0 Å². The van der Waals surface area contributed by atoms with Crippen LogP contribution in [0.3, 0.4) is 0 Å². The van der Waals surface area contributed by atoms with E-state index in [4.69, 9.17) is 21.1 Å². The van der Waals surface area contributed by atoms with E-state index in [-0.39, 0.29) is 0 Å². The van der Waals surface area contributed by atoms with E-state index in [0.29, 0.717) is 29.8 Å². The molecule has 21 heavy (non-hydrogen) atoms. The Kier molecular flexibility index (Phi) is 5.02. The molecule has 0 amide bonds. The Balaban J connectivity index is 2.39. The summed E-state index contributed by atoms with van der Waals surface area (Å²) in [5.41, 5.74) is 2.88. The predicted octanol–water partition coefficient (Wildman–Crippen LogP) is 3.74. The van der Waals surface area contributed by atoms with E-state index in [1.54, 1.807) is 7.11 Å². The number of rotatable bonds is 5. The lowest BCUT2D eigenvalue weighted by Gasteiger charge is -2.13. The van der Waals surface area contributed by atoms with E-state index in [1.807, 2.05) is 39.0 Å². The van der Waals surface area contributed by atoms with Crippen LogP contribution in [0, 0.1) is 13.8 Å². The van der Waals surface area contributed by atoms with Gasteiger partial charge < -0.3 is 9.47 Å². The van der Waals surface area contributed by atoms with Gasteiger partial charge >= 0.3 is 0 Å². The second-order valence-electron chi connectivity index (χ2n) is 4.71. The Morgan fingerprint density at radius 2 is 1.95 bits per heavy atom. The Morgan fingerprint density at radius 1 is 1.19 bits per heavy atom. The number of methoxy groups -OCH3 is 1. The van der Waals surface area contributed by atoms with Crippen molar-refractivity contribution in [3.8, 4) is 11.6 Å². The quantitative estimate of drug-likeness (QED) is 0.844. The van der Waals surface area contributed by atoms with E-state index < -0.39 is 0 Å². The van der Waals surface area contributed by atoms with Crippen molar-refractivity contribution < 1.29 is 9.47 Å². The molecular weight excluding hydrogens is 288 g/mol. The van der Waals surface area contributed by atoms with Crippen LogP contribution in [-0.4, -0.2) is 23.7 Å². The van der Waals surface area contributed by atoms with E-state index in [9.17, 15) is 0 Å². The third kappa shape index (κ3) is 3.64. The maximum atomic E-state index is 6.31. The number of aromatic nitrogens is 2. The Labute approximate surface area is 130 Å². The lowest BCUT2D eigenvalue weighted by molar-refractivity contribution is 0.321. The van der Waals surface area contributed by atoms with Crippen molar-refractivity contribution in [3.63, 3.8) is 0 Å². The van der Waals surface area contributed by atoms with Gasteiger partial charge in [0.1, 0.15) is 11.6 Å². The number of hydrogen-bond acceptors (Lipinski definition) is 4. The van der Waals surface area contributed by atoms with Crippen molar-refractivity contribution in [2.45, 2.75) is 27.2 Å². The third-order valence-electron chi connectivity index (χ3n) is 3.20.